The molecule has 0 bridgehead atoms. The smallest absolute Gasteiger partial charge is 0.161 e. The Bertz CT molecular complexity index is 436. The highest BCUT2D eigenvalue weighted by molar-refractivity contribution is 5.42. The van der Waals surface area contributed by atoms with Crippen LogP contribution in [0.5, 0.6) is 11.5 Å². The zero-order valence-corrected chi connectivity index (χ0v) is 11.2. The molecule has 0 unspecified atom stereocenters. The average molecular weight is 248 g/mol. The lowest BCUT2D eigenvalue weighted by atomic mass is 9.92. The third-order valence-corrected chi connectivity index (χ3v) is 2.75. The molecule has 0 atom stereocenters. The third kappa shape index (κ3) is 3.94. The standard InChI is InChI=1S/C14H20N2O2/c1-14(2,10-16)6-7-18-13-8-11(9-15)4-5-12(13)17-3/h4-5,8H,6-7,9,15H2,1-3H3. The maximum atomic E-state index is 8.93. The first-order valence-corrected chi connectivity index (χ1v) is 5.93. The zero-order chi connectivity index (χ0) is 13.6. The number of nitriles is 1. The second-order valence-electron chi connectivity index (χ2n) is 4.78. The molecule has 0 radical (unpaired) electrons. The number of nitrogens with two attached hydrogens (primary N) is 1. The summed E-state index contributed by atoms with van der Waals surface area (Å²) in [6.07, 6.45) is 0.666. The maximum absolute atomic E-state index is 8.93. The number of hydrogen-bond donors (Lipinski definition) is 1. The highest BCUT2D eigenvalue weighted by atomic mass is 16.5. The lowest BCUT2D eigenvalue weighted by molar-refractivity contribution is 0.252. The van der Waals surface area contributed by atoms with Crippen LogP contribution in [0.1, 0.15) is 25.8 Å². The second kappa shape index (κ2) is 6.27. The van der Waals surface area contributed by atoms with Crippen LogP contribution in [-0.2, 0) is 6.54 Å². The molecule has 1 aromatic rings. The quantitative estimate of drug-likeness (QED) is 0.839. The minimum Gasteiger partial charge on any atom is -0.493 e. The summed E-state index contributed by atoms with van der Waals surface area (Å²) in [7, 11) is 1.60. The van der Waals surface area contributed by atoms with E-state index in [4.69, 9.17) is 20.5 Å². The van der Waals surface area contributed by atoms with Gasteiger partial charge in [0.05, 0.1) is 25.2 Å². The van der Waals surface area contributed by atoms with Crippen LogP contribution in [-0.4, -0.2) is 13.7 Å². The van der Waals surface area contributed by atoms with Crippen LogP contribution < -0.4 is 15.2 Å². The predicted octanol–water partition coefficient (Wildman–Crippen LogP) is 2.47. The van der Waals surface area contributed by atoms with Gasteiger partial charge >= 0.3 is 0 Å². The number of hydrogen-bond acceptors (Lipinski definition) is 4. The number of rotatable bonds is 6. The Morgan fingerprint density at radius 3 is 2.61 bits per heavy atom. The number of benzene rings is 1. The Morgan fingerprint density at radius 2 is 2.06 bits per heavy atom. The summed E-state index contributed by atoms with van der Waals surface area (Å²) in [5, 5.41) is 8.93. The van der Waals surface area contributed by atoms with Gasteiger partial charge in [0, 0.05) is 6.54 Å². The van der Waals surface area contributed by atoms with Gasteiger partial charge in [0.15, 0.2) is 11.5 Å². The molecule has 4 heteroatoms. The Labute approximate surface area is 108 Å². The van der Waals surface area contributed by atoms with Crippen molar-refractivity contribution in [2.75, 3.05) is 13.7 Å². The van der Waals surface area contributed by atoms with Gasteiger partial charge in [-0.2, -0.15) is 5.26 Å². The van der Waals surface area contributed by atoms with Crippen molar-refractivity contribution in [3.05, 3.63) is 23.8 Å². The molecule has 0 aliphatic heterocycles. The average Bonchev–Trinajstić information content (AvgIpc) is 2.38. The van der Waals surface area contributed by atoms with Crippen molar-refractivity contribution in [2.45, 2.75) is 26.8 Å². The van der Waals surface area contributed by atoms with Crippen molar-refractivity contribution in [1.29, 1.82) is 5.26 Å². The van der Waals surface area contributed by atoms with E-state index in [9.17, 15) is 0 Å². The summed E-state index contributed by atoms with van der Waals surface area (Å²) in [6.45, 7) is 4.72. The molecule has 98 valence electrons. The van der Waals surface area contributed by atoms with E-state index < -0.39 is 0 Å². The zero-order valence-electron chi connectivity index (χ0n) is 11.2. The molecule has 0 saturated carbocycles. The predicted molar refractivity (Wildman–Crippen MR) is 70.4 cm³/mol. The summed E-state index contributed by atoms with van der Waals surface area (Å²) in [6, 6.07) is 7.87. The molecule has 18 heavy (non-hydrogen) atoms. The summed E-state index contributed by atoms with van der Waals surface area (Å²) in [4.78, 5) is 0. The number of ether oxygens (including phenoxy) is 2. The first kappa shape index (κ1) is 14.3. The molecule has 1 aromatic carbocycles. The van der Waals surface area contributed by atoms with Gasteiger partial charge in [-0.05, 0) is 38.0 Å². The fourth-order valence-corrected chi connectivity index (χ4v) is 1.43. The molecular formula is C14H20N2O2. The van der Waals surface area contributed by atoms with Gasteiger partial charge < -0.3 is 15.2 Å². The minimum absolute atomic E-state index is 0.376. The fourth-order valence-electron chi connectivity index (χ4n) is 1.43. The molecule has 0 spiro atoms. The molecule has 0 saturated heterocycles. The van der Waals surface area contributed by atoms with Crippen LogP contribution in [0, 0.1) is 16.7 Å². The molecule has 1 rings (SSSR count). The third-order valence-electron chi connectivity index (χ3n) is 2.75. The molecule has 0 aliphatic carbocycles. The molecule has 2 N–H and O–H groups in total. The van der Waals surface area contributed by atoms with Crippen molar-refractivity contribution in [1.82, 2.24) is 0 Å². The highest BCUT2D eigenvalue weighted by Gasteiger charge is 2.17. The van der Waals surface area contributed by atoms with Crippen molar-refractivity contribution in [3.8, 4) is 17.6 Å². The Balaban J connectivity index is 2.69. The summed E-state index contributed by atoms with van der Waals surface area (Å²) in [5.41, 5.74) is 6.21. The van der Waals surface area contributed by atoms with Crippen LogP contribution in [0.3, 0.4) is 0 Å². The van der Waals surface area contributed by atoms with Crippen LogP contribution in [0.2, 0.25) is 0 Å². The lowest BCUT2D eigenvalue weighted by Crippen LogP contribution is -2.13. The van der Waals surface area contributed by atoms with Gasteiger partial charge in [-0.1, -0.05) is 6.07 Å². The number of methoxy groups -OCH3 is 1. The van der Waals surface area contributed by atoms with Gasteiger partial charge in [0.2, 0.25) is 0 Å². The monoisotopic (exact) mass is 248 g/mol. The number of nitrogens with zero attached hydrogens (tertiary/aromatic N) is 1. The summed E-state index contributed by atoms with van der Waals surface area (Å²) < 4.78 is 10.9. The Morgan fingerprint density at radius 1 is 1.33 bits per heavy atom. The van der Waals surface area contributed by atoms with Crippen molar-refractivity contribution in [2.24, 2.45) is 11.1 Å². The van der Waals surface area contributed by atoms with Crippen LogP contribution >= 0.6 is 0 Å². The van der Waals surface area contributed by atoms with E-state index >= 15 is 0 Å². The summed E-state index contributed by atoms with van der Waals surface area (Å²) in [5.74, 6) is 1.36. The van der Waals surface area contributed by atoms with Crippen molar-refractivity contribution in [3.63, 3.8) is 0 Å². The molecule has 0 heterocycles. The molecule has 0 amide bonds. The van der Waals surface area contributed by atoms with E-state index in [1.165, 1.54) is 0 Å². The molecule has 0 aromatic heterocycles. The van der Waals surface area contributed by atoms with E-state index in [1.54, 1.807) is 7.11 Å². The van der Waals surface area contributed by atoms with E-state index in [1.807, 2.05) is 32.0 Å². The SMILES string of the molecule is COc1ccc(CN)cc1OCCC(C)(C)C#N. The topological polar surface area (TPSA) is 68.3 Å². The Kier molecular flexibility index (Phi) is 4.99. The van der Waals surface area contributed by atoms with Gasteiger partial charge in [-0.3, -0.25) is 0 Å². The van der Waals surface area contributed by atoms with Gasteiger partial charge in [0.25, 0.3) is 0 Å². The van der Waals surface area contributed by atoms with Crippen molar-refractivity contribution < 1.29 is 9.47 Å². The summed E-state index contributed by atoms with van der Waals surface area (Å²) >= 11 is 0. The van der Waals surface area contributed by atoms with Gasteiger partial charge in [-0.15, -0.1) is 0 Å². The molecule has 4 nitrogen and oxygen atoms in total. The van der Waals surface area contributed by atoms with E-state index in [0.717, 1.165) is 5.56 Å². The highest BCUT2D eigenvalue weighted by Crippen LogP contribution is 2.29. The minimum atomic E-state index is -0.376. The fraction of sp³-hybridized carbons (Fsp3) is 0.500. The van der Waals surface area contributed by atoms with Crippen LogP contribution in [0.25, 0.3) is 0 Å². The molecule has 0 aliphatic rings. The maximum Gasteiger partial charge on any atom is 0.161 e. The second-order valence-corrected chi connectivity index (χ2v) is 4.78. The molecule has 0 fully saturated rings. The van der Waals surface area contributed by atoms with Crippen LogP contribution in [0.4, 0.5) is 0 Å². The van der Waals surface area contributed by atoms with Gasteiger partial charge in [-0.25, -0.2) is 0 Å². The first-order valence-electron chi connectivity index (χ1n) is 5.93. The van der Waals surface area contributed by atoms with Crippen molar-refractivity contribution >= 4 is 0 Å². The van der Waals surface area contributed by atoms with Crippen LogP contribution in [0.15, 0.2) is 18.2 Å². The largest absolute Gasteiger partial charge is 0.493 e. The Hall–Kier alpha value is -1.73. The van der Waals surface area contributed by atoms with E-state index in [2.05, 4.69) is 6.07 Å². The first-order chi connectivity index (χ1) is 8.52. The normalized spacial score (nSPS) is 10.8. The van der Waals surface area contributed by atoms with E-state index in [0.29, 0.717) is 31.1 Å². The lowest BCUT2D eigenvalue weighted by Gasteiger charge is -2.16. The molecular weight excluding hydrogens is 228 g/mol. The van der Waals surface area contributed by atoms with Gasteiger partial charge in [0.1, 0.15) is 0 Å². The van der Waals surface area contributed by atoms with E-state index in [-0.39, 0.29) is 5.41 Å².